The summed E-state index contributed by atoms with van der Waals surface area (Å²) in [6, 6.07) is 23.8. The maximum Gasteiger partial charge on any atom is 0.258 e. The largest absolute Gasteiger partial charge is 0.351 e. The molecule has 4 nitrogen and oxygen atoms in total. The molecule has 0 aliphatic carbocycles. The maximum absolute atomic E-state index is 13.1. The summed E-state index contributed by atoms with van der Waals surface area (Å²) in [5.41, 5.74) is 5.88. The van der Waals surface area contributed by atoms with Crippen LogP contribution in [-0.2, 0) is 17.8 Å². The fourth-order valence-corrected chi connectivity index (χ4v) is 4.27. The molecule has 4 heteroatoms. The summed E-state index contributed by atoms with van der Waals surface area (Å²) >= 11 is 0. The number of nitrogens with one attached hydrogen (secondary N) is 1. The van der Waals surface area contributed by atoms with Crippen molar-refractivity contribution in [1.82, 2.24) is 5.32 Å². The quantitative estimate of drug-likeness (QED) is 0.619. The average Bonchev–Trinajstić information content (AvgIpc) is 3.22. The summed E-state index contributed by atoms with van der Waals surface area (Å²) in [5, 5.41) is 3.08. The number of fused-ring (bicyclic) bond motifs is 1. The van der Waals surface area contributed by atoms with Crippen LogP contribution in [0.15, 0.2) is 72.8 Å². The van der Waals surface area contributed by atoms with E-state index < -0.39 is 0 Å². The van der Waals surface area contributed by atoms with Gasteiger partial charge in [-0.3, -0.25) is 9.59 Å². The molecule has 4 rings (SSSR count). The molecule has 0 saturated carbocycles. The smallest absolute Gasteiger partial charge is 0.258 e. The van der Waals surface area contributed by atoms with E-state index in [0.717, 1.165) is 40.8 Å². The van der Waals surface area contributed by atoms with Crippen LogP contribution in [0.4, 0.5) is 5.69 Å². The first kappa shape index (κ1) is 20.9. The molecule has 1 aliphatic rings. The number of hydrogen-bond donors (Lipinski definition) is 1. The number of nitrogens with zero attached hydrogens (tertiary/aromatic N) is 1. The summed E-state index contributed by atoms with van der Waals surface area (Å²) in [6.45, 7) is 5.13. The molecule has 0 fully saturated rings. The van der Waals surface area contributed by atoms with Gasteiger partial charge in [-0.1, -0.05) is 67.6 Å². The van der Waals surface area contributed by atoms with Crippen molar-refractivity contribution in [2.24, 2.45) is 0 Å². The number of carbonyl (C=O) groups excluding carboxylic acids is 2. The SMILES string of the molecule is CC[C@@H](C(=O)NCc1ccc2c(c1)N(C(=O)c1ccccc1C)CC2)c1ccccc1. The summed E-state index contributed by atoms with van der Waals surface area (Å²) in [6.07, 6.45) is 1.60. The van der Waals surface area contributed by atoms with E-state index in [0.29, 0.717) is 13.1 Å². The minimum atomic E-state index is -0.158. The van der Waals surface area contributed by atoms with E-state index in [4.69, 9.17) is 0 Å². The first-order chi connectivity index (χ1) is 15.1. The molecule has 0 bridgehead atoms. The third-order valence-electron chi connectivity index (χ3n) is 6.06. The van der Waals surface area contributed by atoms with E-state index in [1.165, 1.54) is 5.56 Å². The Hall–Kier alpha value is -3.40. The predicted octanol–water partition coefficient (Wildman–Crippen LogP) is 5.01. The lowest BCUT2D eigenvalue weighted by molar-refractivity contribution is -0.122. The molecule has 0 aromatic heterocycles. The Morgan fingerprint density at radius 2 is 1.74 bits per heavy atom. The molecule has 3 aromatic carbocycles. The van der Waals surface area contributed by atoms with Crippen molar-refractivity contribution < 1.29 is 9.59 Å². The number of hydrogen-bond acceptors (Lipinski definition) is 2. The van der Waals surface area contributed by atoms with Crippen LogP contribution < -0.4 is 10.2 Å². The van der Waals surface area contributed by atoms with Crippen LogP contribution in [-0.4, -0.2) is 18.4 Å². The topological polar surface area (TPSA) is 49.4 Å². The Bertz CT molecular complexity index is 1090. The molecule has 0 radical (unpaired) electrons. The Balaban J connectivity index is 1.48. The number of rotatable bonds is 6. The van der Waals surface area contributed by atoms with Crippen molar-refractivity contribution in [2.45, 2.75) is 39.2 Å². The van der Waals surface area contributed by atoms with Crippen LogP contribution in [0, 0.1) is 6.92 Å². The van der Waals surface area contributed by atoms with E-state index in [1.54, 1.807) is 0 Å². The van der Waals surface area contributed by atoms with Crippen LogP contribution in [0.25, 0.3) is 0 Å². The molecule has 158 valence electrons. The van der Waals surface area contributed by atoms with Crippen LogP contribution in [0.2, 0.25) is 0 Å². The van der Waals surface area contributed by atoms with Crippen molar-refractivity contribution in [3.05, 3.63) is 101 Å². The van der Waals surface area contributed by atoms with Crippen molar-refractivity contribution >= 4 is 17.5 Å². The molecule has 2 amide bonds. The third-order valence-corrected chi connectivity index (χ3v) is 6.06. The normalized spacial score (nSPS) is 13.5. The minimum absolute atomic E-state index is 0.0297. The van der Waals surface area contributed by atoms with Crippen LogP contribution in [0.3, 0.4) is 0 Å². The first-order valence-corrected chi connectivity index (χ1v) is 10.9. The second kappa shape index (κ2) is 9.17. The first-order valence-electron chi connectivity index (χ1n) is 10.9. The molecule has 1 heterocycles. The Morgan fingerprint density at radius 1 is 1.00 bits per heavy atom. The van der Waals surface area contributed by atoms with Crippen molar-refractivity contribution in [3.8, 4) is 0 Å². The summed E-state index contributed by atoms with van der Waals surface area (Å²) in [7, 11) is 0. The average molecular weight is 413 g/mol. The molecule has 1 N–H and O–H groups in total. The number of amides is 2. The molecule has 0 unspecified atom stereocenters. The lowest BCUT2D eigenvalue weighted by Crippen LogP contribution is -2.30. The van der Waals surface area contributed by atoms with Gasteiger partial charge in [-0.2, -0.15) is 0 Å². The highest BCUT2D eigenvalue weighted by Crippen LogP contribution is 2.31. The van der Waals surface area contributed by atoms with Gasteiger partial charge in [0.2, 0.25) is 5.91 Å². The van der Waals surface area contributed by atoms with Gasteiger partial charge in [0.1, 0.15) is 0 Å². The Labute approximate surface area is 183 Å². The zero-order valence-electron chi connectivity index (χ0n) is 18.1. The van der Waals surface area contributed by atoms with Gasteiger partial charge < -0.3 is 10.2 Å². The second-order valence-corrected chi connectivity index (χ2v) is 8.07. The second-order valence-electron chi connectivity index (χ2n) is 8.07. The van der Waals surface area contributed by atoms with Gasteiger partial charge in [-0.25, -0.2) is 0 Å². The van der Waals surface area contributed by atoms with Crippen molar-refractivity contribution in [1.29, 1.82) is 0 Å². The molecular formula is C27H28N2O2. The molecule has 0 spiro atoms. The number of benzene rings is 3. The molecule has 0 saturated heterocycles. The van der Waals surface area contributed by atoms with Gasteiger partial charge in [0, 0.05) is 24.3 Å². The van der Waals surface area contributed by atoms with E-state index >= 15 is 0 Å². The van der Waals surface area contributed by atoms with E-state index in [9.17, 15) is 9.59 Å². The Morgan fingerprint density at radius 3 is 2.48 bits per heavy atom. The van der Waals surface area contributed by atoms with E-state index in [1.807, 2.05) is 85.5 Å². The lowest BCUT2D eigenvalue weighted by atomic mass is 9.95. The van der Waals surface area contributed by atoms with E-state index in [2.05, 4.69) is 11.4 Å². The minimum Gasteiger partial charge on any atom is -0.351 e. The van der Waals surface area contributed by atoms with Gasteiger partial charge in [0.15, 0.2) is 0 Å². The van der Waals surface area contributed by atoms with Gasteiger partial charge in [-0.05, 0) is 54.2 Å². The van der Waals surface area contributed by atoms with Crippen molar-refractivity contribution in [3.63, 3.8) is 0 Å². The van der Waals surface area contributed by atoms with Gasteiger partial charge in [0.25, 0.3) is 5.91 Å². The predicted molar refractivity (Wildman–Crippen MR) is 124 cm³/mol. The number of aryl methyl sites for hydroxylation is 1. The summed E-state index contributed by atoms with van der Waals surface area (Å²) in [4.78, 5) is 27.8. The highest BCUT2D eigenvalue weighted by Gasteiger charge is 2.26. The zero-order valence-corrected chi connectivity index (χ0v) is 18.1. The summed E-state index contributed by atoms with van der Waals surface area (Å²) < 4.78 is 0. The lowest BCUT2D eigenvalue weighted by Gasteiger charge is -2.20. The zero-order chi connectivity index (χ0) is 21.8. The van der Waals surface area contributed by atoms with Gasteiger partial charge >= 0.3 is 0 Å². The summed E-state index contributed by atoms with van der Waals surface area (Å²) in [5.74, 6) is -0.0926. The maximum atomic E-state index is 13.1. The Kier molecular flexibility index (Phi) is 6.17. The van der Waals surface area contributed by atoms with Crippen LogP contribution >= 0.6 is 0 Å². The monoisotopic (exact) mass is 412 g/mol. The fraction of sp³-hybridized carbons (Fsp3) is 0.259. The third kappa shape index (κ3) is 4.38. The molecular weight excluding hydrogens is 384 g/mol. The van der Waals surface area contributed by atoms with Crippen LogP contribution in [0.5, 0.6) is 0 Å². The van der Waals surface area contributed by atoms with Gasteiger partial charge in [-0.15, -0.1) is 0 Å². The number of anilines is 1. The van der Waals surface area contributed by atoms with Gasteiger partial charge in [0.05, 0.1) is 5.92 Å². The standard InChI is InChI=1S/C27H28N2O2/c1-3-23(21-10-5-4-6-11-21)26(30)28-18-20-13-14-22-15-16-29(25(22)17-20)27(31)24-12-8-7-9-19(24)2/h4-14,17,23H,3,15-16,18H2,1-2H3,(H,28,30)/t23-/m1/s1. The molecule has 31 heavy (non-hydrogen) atoms. The van der Waals surface area contributed by atoms with Crippen molar-refractivity contribution in [2.75, 3.05) is 11.4 Å². The van der Waals surface area contributed by atoms with E-state index in [-0.39, 0.29) is 17.7 Å². The molecule has 1 atom stereocenters. The highest BCUT2D eigenvalue weighted by molar-refractivity contribution is 6.08. The van der Waals surface area contributed by atoms with Crippen LogP contribution in [0.1, 0.15) is 51.9 Å². The number of carbonyl (C=O) groups is 2. The molecule has 3 aromatic rings. The molecule has 1 aliphatic heterocycles. The fourth-order valence-electron chi connectivity index (χ4n) is 4.27. The highest BCUT2D eigenvalue weighted by atomic mass is 16.2.